The van der Waals surface area contributed by atoms with Gasteiger partial charge in [-0.2, -0.15) is 5.10 Å². The Bertz CT molecular complexity index is 1710. The molecule has 1 unspecified atom stereocenters. The van der Waals surface area contributed by atoms with Crippen molar-refractivity contribution < 1.29 is 19.1 Å². The lowest BCUT2D eigenvalue weighted by molar-refractivity contribution is -0.138. The first-order chi connectivity index (χ1) is 24.9. The van der Waals surface area contributed by atoms with E-state index in [9.17, 15) is 9.59 Å². The maximum atomic E-state index is 13.9. The molecule has 1 aliphatic heterocycles. The average Bonchev–Trinajstić information content (AvgIpc) is 3.60. The minimum atomic E-state index is -0.144. The van der Waals surface area contributed by atoms with Crippen LogP contribution in [0.2, 0.25) is 0 Å². The topological polar surface area (TPSA) is 98.6 Å². The summed E-state index contributed by atoms with van der Waals surface area (Å²) in [5.74, 6) is 4.35. The van der Waals surface area contributed by atoms with Crippen LogP contribution in [0.1, 0.15) is 134 Å². The van der Waals surface area contributed by atoms with Crippen molar-refractivity contribution in [3.05, 3.63) is 40.9 Å². The fourth-order valence-electron chi connectivity index (χ4n) is 9.73. The van der Waals surface area contributed by atoms with Gasteiger partial charge < -0.3 is 19.7 Å². The molecule has 6 aliphatic rings. The lowest BCUT2D eigenvalue weighted by Crippen LogP contribution is -2.43. The SMILES string of the molecule is COC1=C2CC2C/C=C(c2c3c(nn2C2CCC(C(=O)N(C)C4CCC(CCC5CCCCC5)CC4)CC2)-c2sc(NC(C)=O)nc2CO3)\C=C/1. The van der Waals surface area contributed by atoms with Gasteiger partial charge in [-0.1, -0.05) is 62.4 Å². The summed E-state index contributed by atoms with van der Waals surface area (Å²) in [6, 6.07) is 0.540. The largest absolute Gasteiger partial charge is 0.497 e. The minimum absolute atomic E-state index is 0.0664. The van der Waals surface area contributed by atoms with Crippen LogP contribution in [0.15, 0.2) is 29.6 Å². The Labute approximate surface area is 306 Å². The van der Waals surface area contributed by atoms with Crippen LogP contribution in [0.4, 0.5) is 5.13 Å². The summed E-state index contributed by atoms with van der Waals surface area (Å²) in [6.45, 7) is 1.83. The molecule has 5 aliphatic carbocycles. The van der Waals surface area contributed by atoms with E-state index in [1.807, 2.05) is 0 Å². The van der Waals surface area contributed by atoms with Crippen LogP contribution in [0.5, 0.6) is 5.75 Å². The number of ether oxygens (including phenoxy) is 2. The summed E-state index contributed by atoms with van der Waals surface area (Å²) in [4.78, 5) is 33.5. The molecular formula is C41H55N5O4S. The van der Waals surface area contributed by atoms with Crippen molar-refractivity contribution in [2.24, 2.45) is 23.7 Å². The van der Waals surface area contributed by atoms with Crippen molar-refractivity contribution in [3.8, 4) is 16.3 Å². The molecule has 2 aromatic heterocycles. The smallest absolute Gasteiger partial charge is 0.225 e. The second-order valence-corrected chi connectivity index (χ2v) is 17.2. The number of anilines is 1. The van der Waals surface area contributed by atoms with E-state index in [2.05, 4.69) is 45.2 Å². The number of nitrogens with zero attached hydrogens (tertiary/aromatic N) is 4. The number of carbonyl (C=O) groups is 2. The van der Waals surface area contributed by atoms with Crippen LogP contribution in [0.3, 0.4) is 0 Å². The zero-order chi connectivity index (χ0) is 35.1. The number of rotatable bonds is 9. The predicted molar refractivity (Wildman–Crippen MR) is 201 cm³/mol. The van der Waals surface area contributed by atoms with Gasteiger partial charge in [-0.3, -0.25) is 14.3 Å². The number of thiazole rings is 1. The van der Waals surface area contributed by atoms with Crippen LogP contribution in [-0.2, 0) is 20.9 Å². The number of methoxy groups -OCH3 is 1. The zero-order valence-corrected chi connectivity index (χ0v) is 31.6. The van der Waals surface area contributed by atoms with Crippen molar-refractivity contribution >= 4 is 33.9 Å². The van der Waals surface area contributed by atoms with Gasteiger partial charge in [0.15, 0.2) is 10.9 Å². The summed E-state index contributed by atoms with van der Waals surface area (Å²) >= 11 is 1.46. The van der Waals surface area contributed by atoms with E-state index in [-0.39, 0.29) is 17.9 Å². The van der Waals surface area contributed by atoms with Crippen LogP contribution in [-0.4, -0.2) is 51.7 Å². The van der Waals surface area contributed by atoms with Crippen LogP contribution < -0.4 is 10.1 Å². The number of nitrogens with one attached hydrogen (secondary N) is 1. The Kier molecular flexibility index (Phi) is 10.1. The minimum Gasteiger partial charge on any atom is -0.497 e. The average molecular weight is 714 g/mol. The third-order valence-electron chi connectivity index (χ3n) is 12.9. The molecule has 0 radical (unpaired) electrons. The number of amides is 2. The van der Waals surface area contributed by atoms with Crippen molar-refractivity contribution in [1.29, 1.82) is 0 Å². The number of hydrogen-bond acceptors (Lipinski definition) is 7. The Balaban J connectivity index is 0.961. The molecule has 4 fully saturated rings. The molecule has 2 amide bonds. The fourth-order valence-corrected chi connectivity index (χ4v) is 10.7. The molecule has 2 aromatic rings. The van der Waals surface area contributed by atoms with Crippen molar-refractivity contribution in [3.63, 3.8) is 0 Å². The first-order valence-electron chi connectivity index (χ1n) is 19.8. The maximum absolute atomic E-state index is 13.9. The summed E-state index contributed by atoms with van der Waals surface area (Å²) < 4.78 is 14.4. The molecule has 51 heavy (non-hydrogen) atoms. The maximum Gasteiger partial charge on any atom is 0.225 e. The van der Waals surface area contributed by atoms with Crippen LogP contribution >= 0.6 is 11.3 Å². The lowest BCUT2D eigenvalue weighted by Gasteiger charge is -2.38. The van der Waals surface area contributed by atoms with Gasteiger partial charge in [-0.05, 0) is 105 Å². The van der Waals surface area contributed by atoms with Gasteiger partial charge in [0, 0.05) is 25.9 Å². The molecule has 4 saturated carbocycles. The molecule has 0 spiro atoms. The van der Waals surface area contributed by atoms with Crippen molar-refractivity contribution in [2.75, 3.05) is 19.5 Å². The summed E-state index contributed by atoms with van der Waals surface area (Å²) in [5.41, 5.74) is 5.07. The van der Waals surface area contributed by atoms with Crippen LogP contribution in [0.25, 0.3) is 16.1 Å². The Morgan fingerprint density at radius 1 is 1.00 bits per heavy atom. The van der Waals surface area contributed by atoms with Gasteiger partial charge in [0.05, 0.1) is 18.0 Å². The number of aromatic nitrogens is 3. The zero-order valence-electron chi connectivity index (χ0n) is 30.8. The molecule has 10 heteroatoms. The van der Waals surface area contributed by atoms with Gasteiger partial charge in [-0.15, -0.1) is 0 Å². The highest BCUT2D eigenvalue weighted by Gasteiger charge is 2.38. The summed E-state index contributed by atoms with van der Waals surface area (Å²) in [5, 5.41) is 8.69. The fraction of sp³-hybridized carbons (Fsp3) is 0.659. The Morgan fingerprint density at radius 2 is 1.75 bits per heavy atom. The highest BCUT2D eigenvalue weighted by molar-refractivity contribution is 7.19. The lowest BCUT2D eigenvalue weighted by atomic mass is 9.78. The van der Waals surface area contributed by atoms with E-state index in [1.54, 1.807) is 7.11 Å². The normalized spacial score (nSPS) is 29.2. The molecule has 1 atom stereocenters. The highest BCUT2D eigenvalue weighted by atomic mass is 32.1. The third kappa shape index (κ3) is 7.31. The molecule has 274 valence electrons. The predicted octanol–water partition coefficient (Wildman–Crippen LogP) is 9.23. The molecule has 1 N–H and O–H groups in total. The number of fused-ring (bicyclic) bond motifs is 4. The number of hydrogen-bond donors (Lipinski definition) is 1. The highest BCUT2D eigenvalue weighted by Crippen LogP contribution is 2.50. The molecule has 0 aromatic carbocycles. The first kappa shape index (κ1) is 34.7. The van der Waals surface area contributed by atoms with Gasteiger partial charge in [0.2, 0.25) is 11.8 Å². The van der Waals surface area contributed by atoms with E-state index in [0.717, 1.165) is 102 Å². The summed E-state index contributed by atoms with van der Waals surface area (Å²) in [7, 11) is 3.82. The van der Waals surface area contributed by atoms with E-state index < -0.39 is 0 Å². The third-order valence-corrected chi connectivity index (χ3v) is 13.9. The molecular weight excluding hydrogens is 659 g/mol. The second-order valence-electron chi connectivity index (χ2n) is 16.2. The molecule has 3 heterocycles. The van der Waals surface area contributed by atoms with Gasteiger partial charge in [-0.25, -0.2) is 4.98 Å². The molecule has 0 bridgehead atoms. The van der Waals surface area contributed by atoms with E-state index in [0.29, 0.717) is 29.6 Å². The quantitative estimate of drug-likeness (QED) is 0.278. The molecule has 8 rings (SSSR count). The Hall–Kier alpha value is -3.40. The van der Waals surface area contributed by atoms with Crippen molar-refractivity contribution in [2.45, 2.75) is 135 Å². The Morgan fingerprint density at radius 3 is 2.47 bits per heavy atom. The summed E-state index contributed by atoms with van der Waals surface area (Å²) in [6.07, 6.45) is 27.0. The van der Waals surface area contributed by atoms with E-state index in [4.69, 9.17) is 14.6 Å². The van der Waals surface area contributed by atoms with E-state index in [1.165, 1.54) is 81.6 Å². The first-order valence-corrected chi connectivity index (χ1v) is 20.6. The standard InChI is InChI=1S/C41H55N5O4S/c1-25(47)42-41-43-34-24-50-38-36(39(34)51-41)44-46(37(38)28-13-14-30-23-33(30)35(49-3)22-17-28)32-20-15-29(16-21-32)40(48)45(2)31-18-11-27(12-19-31)10-9-26-7-5-4-6-8-26/h13,17,22,26-27,29-32H,4-12,14-16,18-21,23-24H2,1-3H3,(H,42,43,47)/b22-17-,28-13+,35-33?. The van der Waals surface area contributed by atoms with Crippen molar-refractivity contribution in [1.82, 2.24) is 19.7 Å². The van der Waals surface area contributed by atoms with Gasteiger partial charge in [0.25, 0.3) is 0 Å². The second kappa shape index (κ2) is 14.9. The van der Waals surface area contributed by atoms with Gasteiger partial charge in [0.1, 0.15) is 29.4 Å². The monoisotopic (exact) mass is 713 g/mol. The van der Waals surface area contributed by atoms with E-state index >= 15 is 0 Å². The van der Waals surface area contributed by atoms with Gasteiger partial charge >= 0.3 is 0 Å². The number of allylic oxidation sites excluding steroid dienone is 5. The number of carbonyl (C=O) groups excluding carboxylic acids is 2. The van der Waals surface area contributed by atoms with Crippen LogP contribution in [0, 0.1) is 23.7 Å². The molecule has 9 nitrogen and oxygen atoms in total. The molecule has 0 saturated heterocycles.